The minimum atomic E-state index is -0.599. The van der Waals surface area contributed by atoms with Crippen molar-refractivity contribution in [1.29, 1.82) is 0 Å². The highest BCUT2D eigenvalue weighted by Gasteiger charge is 2.01. The van der Waals surface area contributed by atoms with Crippen LogP contribution in [-0.2, 0) is 6.61 Å². The first-order chi connectivity index (χ1) is 7.74. The molecule has 1 radical (unpaired) electrons. The van der Waals surface area contributed by atoms with E-state index in [1.165, 1.54) is 12.1 Å². The normalized spacial score (nSPS) is 10.1. The van der Waals surface area contributed by atoms with Crippen LogP contribution in [0.5, 0.6) is 5.75 Å². The summed E-state index contributed by atoms with van der Waals surface area (Å²) in [5.74, 6) is -0.580. The van der Waals surface area contributed by atoms with Crippen LogP contribution in [0.1, 0.15) is 5.56 Å². The average Bonchev–Trinajstić information content (AvgIpc) is 2.27. The summed E-state index contributed by atoms with van der Waals surface area (Å²) in [7, 11) is 0. The number of ether oxygens (including phenoxy) is 1. The zero-order valence-corrected chi connectivity index (χ0v) is 8.41. The third-order valence-corrected chi connectivity index (χ3v) is 2.01. The first-order valence-electron chi connectivity index (χ1n) is 4.78. The lowest BCUT2D eigenvalue weighted by Gasteiger charge is -2.05. The van der Waals surface area contributed by atoms with Crippen molar-refractivity contribution in [2.45, 2.75) is 6.61 Å². The Balaban J connectivity index is 2.05. The van der Waals surface area contributed by atoms with E-state index < -0.39 is 11.6 Å². The van der Waals surface area contributed by atoms with Crippen LogP contribution in [0.15, 0.2) is 42.5 Å². The van der Waals surface area contributed by atoms with Crippen LogP contribution in [0.25, 0.3) is 0 Å². The average molecular weight is 219 g/mol. The number of benzene rings is 2. The minimum absolute atomic E-state index is 0.131. The van der Waals surface area contributed by atoms with Gasteiger partial charge in [0.2, 0.25) is 0 Å². The van der Waals surface area contributed by atoms with Crippen LogP contribution < -0.4 is 4.74 Å². The Hall–Kier alpha value is -1.90. The molecule has 2 aromatic carbocycles. The quantitative estimate of drug-likeness (QED) is 0.769. The molecule has 81 valence electrons. The van der Waals surface area contributed by atoms with Crippen molar-refractivity contribution in [3.8, 4) is 5.75 Å². The molecule has 0 aliphatic rings. The number of rotatable bonds is 3. The van der Waals surface area contributed by atoms with E-state index in [0.29, 0.717) is 11.3 Å². The fourth-order valence-electron chi connectivity index (χ4n) is 1.33. The highest BCUT2D eigenvalue weighted by molar-refractivity contribution is 5.22. The molecule has 0 saturated heterocycles. The van der Waals surface area contributed by atoms with Gasteiger partial charge in [0.25, 0.3) is 0 Å². The van der Waals surface area contributed by atoms with Gasteiger partial charge in [0, 0.05) is 6.07 Å². The molecule has 0 unspecified atom stereocenters. The molecule has 2 aromatic rings. The molecular weight excluding hydrogens is 210 g/mol. The molecule has 16 heavy (non-hydrogen) atoms. The third kappa shape index (κ3) is 2.79. The largest absolute Gasteiger partial charge is 0.489 e. The van der Waals surface area contributed by atoms with Crippen LogP contribution in [0.4, 0.5) is 8.78 Å². The SMILES string of the molecule is Fc1cc(F)cc(COc2c[c]ccc2)c1. The van der Waals surface area contributed by atoms with Crippen LogP contribution in [0, 0.1) is 17.7 Å². The van der Waals surface area contributed by atoms with Gasteiger partial charge in [-0.05, 0) is 35.9 Å². The molecule has 0 N–H and O–H groups in total. The lowest BCUT2D eigenvalue weighted by atomic mass is 10.2. The highest BCUT2D eigenvalue weighted by atomic mass is 19.1. The Morgan fingerprint density at radius 3 is 2.50 bits per heavy atom. The van der Waals surface area contributed by atoms with Crippen molar-refractivity contribution in [2.24, 2.45) is 0 Å². The summed E-state index contributed by atoms with van der Waals surface area (Å²) in [4.78, 5) is 0. The first-order valence-corrected chi connectivity index (χ1v) is 4.78. The standard InChI is InChI=1S/C13H9F2O/c14-11-6-10(7-12(15)8-11)9-16-13-4-2-1-3-5-13/h1-2,4-8H,9H2. The molecule has 0 aliphatic carbocycles. The van der Waals surface area contributed by atoms with Crippen molar-refractivity contribution in [2.75, 3.05) is 0 Å². The Kier molecular flexibility index (Phi) is 3.15. The Morgan fingerprint density at radius 1 is 1.12 bits per heavy atom. The van der Waals surface area contributed by atoms with Crippen LogP contribution >= 0.6 is 0 Å². The van der Waals surface area contributed by atoms with Gasteiger partial charge in [-0.2, -0.15) is 0 Å². The summed E-state index contributed by atoms with van der Waals surface area (Å²) >= 11 is 0. The second-order valence-electron chi connectivity index (χ2n) is 3.31. The van der Waals surface area contributed by atoms with Crippen LogP contribution in [-0.4, -0.2) is 0 Å². The summed E-state index contributed by atoms with van der Waals surface area (Å²) in [6.07, 6.45) is 0. The monoisotopic (exact) mass is 219 g/mol. The van der Waals surface area contributed by atoms with E-state index in [9.17, 15) is 8.78 Å². The molecule has 0 saturated carbocycles. The van der Waals surface area contributed by atoms with Crippen LogP contribution in [0.3, 0.4) is 0 Å². The van der Waals surface area contributed by atoms with Gasteiger partial charge in [-0.3, -0.25) is 0 Å². The van der Waals surface area contributed by atoms with Crippen molar-refractivity contribution >= 4 is 0 Å². The van der Waals surface area contributed by atoms with E-state index in [4.69, 9.17) is 4.74 Å². The summed E-state index contributed by atoms with van der Waals surface area (Å²) in [6, 6.07) is 13.1. The minimum Gasteiger partial charge on any atom is -0.489 e. The molecule has 0 heterocycles. The molecule has 1 nitrogen and oxygen atoms in total. The third-order valence-electron chi connectivity index (χ3n) is 2.01. The first kappa shape index (κ1) is 10.6. The van der Waals surface area contributed by atoms with E-state index in [-0.39, 0.29) is 6.61 Å². The van der Waals surface area contributed by atoms with Gasteiger partial charge >= 0.3 is 0 Å². The van der Waals surface area contributed by atoms with Crippen molar-refractivity contribution < 1.29 is 13.5 Å². The zero-order chi connectivity index (χ0) is 11.4. The molecule has 0 aromatic heterocycles. The molecule has 2 rings (SSSR count). The van der Waals surface area contributed by atoms with E-state index in [2.05, 4.69) is 6.07 Å². The molecule has 0 aliphatic heterocycles. The maximum Gasteiger partial charge on any atom is 0.126 e. The number of hydrogen-bond acceptors (Lipinski definition) is 1. The van der Waals surface area contributed by atoms with E-state index in [1.807, 2.05) is 0 Å². The molecule has 0 atom stereocenters. The molecule has 0 fully saturated rings. The smallest absolute Gasteiger partial charge is 0.126 e. The van der Waals surface area contributed by atoms with Gasteiger partial charge in [-0.1, -0.05) is 12.1 Å². The molecule has 3 heteroatoms. The second-order valence-corrected chi connectivity index (χ2v) is 3.31. The van der Waals surface area contributed by atoms with E-state index in [0.717, 1.165) is 6.07 Å². The maximum absolute atomic E-state index is 12.9. The Labute approximate surface area is 92.3 Å². The van der Waals surface area contributed by atoms with Crippen molar-refractivity contribution in [1.82, 2.24) is 0 Å². The lowest BCUT2D eigenvalue weighted by molar-refractivity contribution is 0.304. The molecule has 0 spiro atoms. The summed E-state index contributed by atoms with van der Waals surface area (Å²) in [5.41, 5.74) is 0.460. The van der Waals surface area contributed by atoms with E-state index in [1.54, 1.807) is 24.3 Å². The van der Waals surface area contributed by atoms with Crippen molar-refractivity contribution in [3.63, 3.8) is 0 Å². The van der Waals surface area contributed by atoms with Gasteiger partial charge in [0.05, 0.1) is 0 Å². The van der Waals surface area contributed by atoms with Gasteiger partial charge in [0.15, 0.2) is 0 Å². The summed E-state index contributed by atoms with van der Waals surface area (Å²) in [6.45, 7) is 0.131. The summed E-state index contributed by atoms with van der Waals surface area (Å²) < 4.78 is 31.0. The Bertz CT molecular complexity index is 448. The lowest BCUT2D eigenvalue weighted by Crippen LogP contribution is -1.96. The fourth-order valence-corrected chi connectivity index (χ4v) is 1.33. The number of hydrogen-bond donors (Lipinski definition) is 0. The molecular formula is C13H9F2O. The van der Waals surface area contributed by atoms with Crippen molar-refractivity contribution in [3.05, 3.63) is 65.7 Å². The van der Waals surface area contributed by atoms with E-state index >= 15 is 0 Å². The molecule has 0 bridgehead atoms. The topological polar surface area (TPSA) is 9.23 Å². The predicted octanol–water partition coefficient (Wildman–Crippen LogP) is 3.34. The highest BCUT2D eigenvalue weighted by Crippen LogP contribution is 2.13. The fraction of sp³-hybridized carbons (Fsp3) is 0.0769. The molecule has 0 amide bonds. The Morgan fingerprint density at radius 2 is 1.88 bits per heavy atom. The zero-order valence-electron chi connectivity index (χ0n) is 8.41. The van der Waals surface area contributed by atoms with Gasteiger partial charge < -0.3 is 4.74 Å². The number of halogens is 2. The predicted molar refractivity (Wildman–Crippen MR) is 56.0 cm³/mol. The van der Waals surface area contributed by atoms with Gasteiger partial charge in [0.1, 0.15) is 24.0 Å². The summed E-state index contributed by atoms with van der Waals surface area (Å²) in [5, 5.41) is 0. The second kappa shape index (κ2) is 4.75. The maximum atomic E-state index is 12.9. The van der Waals surface area contributed by atoms with Crippen LogP contribution in [0.2, 0.25) is 0 Å². The van der Waals surface area contributed by atoms with Gasteiger partial charge in [-0.15, -0.1) is 0 Å². The van der Waals surface area contributed by atoms with Gasteiger partial charge in [-0.25, -0.2) is 8.78 Å².